The Morgan fingerprint density at radius 2 is 2.19 bits per heavy atom. The van der Waals surface area contributed by atoms with Crippen molar-refractivity contribution in [2.45, 2.75) is 0 Å². The fourth-order valence-electron chi connectivity index (χ4n) is 1.48. The molecule has 2 rings (SSSR count). The molecule has 0 unspecified atom stereocenters. The van der Waals surface area contributed by atoms with Crippen LogP contribution in [0.4, 0.5) is 0 Å². The van der Waals surface area contributed by atoms with Crippen LogP contribution in [-0.4, -0.2) is 20.9 Å². The van der Waals surface area contributed by atoms with E-state index in [2.05, 4.69) is 5.10 Å². The number of benzene rings is 1. The Morgan fingerprint density at radius 1 is 1.44 bits per heavy atom. The second kappa shape index (κ2) is 3.98. The fourth-order valence-corrected chi connectivity index (χ4v) is 1.65. The van der Waals surface area contributed by atoms with Crippen LogP contribution in [0.3, 0.4) is 0 Å². The van der Waals surface area contributed by atoms with Crippen LogP contribution >= 0.6 is 11.6 Å². The highest BCUT2D eigenvalue weighted by Crippen LogP contribution is 2.25. The minimum Gasteiger partial charge on any atom is -0.478 e. The lowest BCUT2D eigenvalue weighted by Crippen LogP contribution is -2.00. The molecule has 5 heteroatoms. The molecule has 0 saturated heterocycles. The van der Waals surface area contributed by atoms with Crippen molar-refractivity contribution < 1.29 is 9.90 Å². The van der Waals surface area contributed by atoms with E-state index in [4.69, 9.17) is 16.7 Å². The first kappa shape index (κ1) is 10.7. The van der Waals surface area contributed by atoms with Crippen LogP contribution in [-0.2, 0) is 7.05 Å². The molecule has 0 spiro atoms. The second-order valence-electron chi connectivity index (χ2n) is 3.37. The zero-order valence-corrected chi connectivity index (χ0v) is 9.27. The van der Waals surface area contributed by atoms with Gasteiger partial charge < -0.3 is 5.11 Å². The van der Waals surface area contributed by atoms with Crippen LogP contribution in [0.2, 0.25) is 5.02 Å². The van der Waals surface area contributed by atoms with Gasteiger partial charge in [-0.1, -0.05) is 17.7 Å². The average molecular weight is 237 g/mol. The summed E-state index contributed by atoms with van der Waals surface area (Å²) in [5.74, 6) is -1.01. The summed E-state index contributed by atoms with van der Waals surface area (Å²) in [6, 6.07) is 6.50. The Bertz CT molecular complexity index is 549. The molecule has 1 heterocycles. The van der Waals surface area contributed by atoms with Gasteiger partial charge in [0.15, 0.2) is 0 Å². The number of aromatic carboxylic acids is 1. The van der Waals surface area contributed by atoms with Crippen molar-refractivity contribution in [3.8, 4) is 11.3 Å². The van der Waals surface area contributed by atoms with E-state index in [-0.39, 0.29) is 5.56 Å². The van der Waals surface area contributed by atoms with Crippen molar-refractivity contribution in [1.82, 2.24) is 9.78 Å². The summed E-state index contributed by atoms with van der Waals surface area (Å²) in [5.41, 5.74) is 1.35. The number of rotatable bonds is 2. The fraction of sp³-hybridized carbons (Fsp3) is 0.0909. The first-order chi connectivity index (χ1) is 7.58. The van der Waals surface area contributed by atoms with Crippen LogP contribution in [0.5, 0.6) is 0 Å². The zero-order valence-electron chi connectivity index (χ0n) is 8.51. The van der Waals surface area contributed by atoms with Gasteiger partial charge in [0.05, 0.1) is 11.3 Å². The predicted molar refractivity (Wildman–Crippen MR) is 60.6 cm³/mol. The maximum Gasteiger partial charge on any atom is 0.336 e. The first-order valence-electron chi connectivity index (χ1n) is 4.61. The van der Waals surface area contributed by atoms with E-state index in [0.717, 1.165) is 0 Å². The molecule has 1 aromatic heterocycles. The van der Waals surface area contributed by atoms with Crippen molar-refractivity contribution in [3.05, 3.63) is 41.0 Å². The van der Waals surface area contributed by atoms with Gasteiger partial charge in [-0.25, -0.2) is 4.79 Å². The third-order valence-electron chi connectivity index (χ3n) is 2.20. The highest BCUT2D eigenvalue weighted by atomic mass is 35.5. The predicted octanol–water partition coefficient (Wildman–Crippen LogP) is 2.44. The van der Waals surface area contributed by atoms with Gasteiger partial charge in [0, 0.05) is 23.8 Å². The molecule has 0 aliphatic heterocycles. The van der Waals surface area contributed by atoms with Crippen LogP contribution in [0.25, 0.3) is 11.3 Å². The molecule has 1 aromatic carbocycles. The van der Waals surface area contributed by atoms with Gasteiger partial charge in [0.25, 0.3) is 0 Å². The first-order valence-corrected chi connectivity index (χ1v) is 4.98. The summed E-state index contributed by atoms with van der Waals surface area (Å²) >= 11 is 5.76. The molecule has 0 saturated carbocycles. The molecular formula is C11H9ClN2O2. The number of hydrogen-bond acceptors (Lipinski definition) is 2. The van der Waals surface area contributed by atoms with Gasteiger partial charge >= 0.3 is 5.97 Å². The lowest BCUT2D eigenvalue weighted by Gasteiger charge is -2.03. The maximum atomic E-state index is 11.1. The summed E-state index contributed by atoms with van der Waals surface area (Å²) in [5, 5.41) is 13.6. The number of carbonyl (C=O) groups is 1. The van der Waals surface area contributed by atoms with Crippen molar-refractivity contribution in [2.75, 3.05) is 0 Å². The molecule has 0 bridgehead atoms. The van der Waals surface area contributed by atoms with Crippen molar-refractivity contribution in [3.63, 3.8) is 0 Å². The summed E-state index contributed by atoms with van der Waals surface area (Å²) in [6.07, 6.45) is 1.76. The van der Waals surface area contributed by atoms with Gasteiger partial charge in [-0.3, -0.25) is 4.68 Å². The summed E-state index contributed by atoms with van der Waals surface area (Å²) in [6.45, 7) is 0. The third-order valence-corrected chi connectivity index (χ3v) is 2.44. The molecule has 2 aromatic rings. The second-order valence-corrected chi connectivity index (χ2v) is 3.81. The summed E-state index contributed by atoms with van der Waals surface area (Å²) in [7, 11) is 1.78. The molecule has 1 N–H and O–H groups in total. The monoisotopic (exact) mass is 236 g/mol. The van der Waals surface area contributed by atoms with Gasteiger partial charge in [-0.05, 0) is 18.2 Å². The number of carboxylic acid groups (broad SMARTS) is 1. The van der Waals surface area contributed by atoms with Gasteiger partial charge in [-0.15, -0.1) is 0 Å². The third kappa shape index (κ3) is 1.92. The van der Waals surface area contributed by atoms with E-state index in [1.165, 1.54) is 6.07 Å². The van der Waals surface area contributed by atoms with E-state index < -0.39 is 5.97 Å². The average Bonchev–Trinajstić information content (AvgIpc) is 2.64. The molecule has 0 atom stereocenters. The number of nitrogens with zero attached hydrogens (tertiary/aromatic N) is 2. The molecule has 0 aliphatic rings. The van der Waals surface area contributed by atoms with Gasteiger partial charge in [0.1, 0.15) is 0 Å². The van der Waals surface area contributed by atoms with E-state index in [0.29, 0.717) is 16.3 Å². The van der Waals surface area contributed by atoms with Gasteiger partial charge in [0.2, 0.25) is 0 Å². The Morgan fingerprint density at radius 3 is 2.75 bits per heavy atom. The molecule has 82 valence electrons. The lowest BCUT2D eigenvalue weighted by molar-refractivity contribution is 0.0697. The molecule has 4 nitrogen and oxygen atoms in total. The summed E-state index contributed by atoms with van der Waals surface area (Å²) in [4.78, 5) is 11.1. The van der Waals surface area contributed by atoms with Crippen molar-refractivity contribution in [2.24, 2.45) is 7.05 Å². The van der Waals surface area contributed by atoms with Crippen LogP contribution < -0.4 is 0 Å². The topological polar surface area (TPSA) is 55.1 Å². The minimum absolute atomic E-state index is 0.159. The van der Waals surface area contributed by atoms with E-state index in [9.17, 15) is 4.79 Å². The smallest absolute Gasteiger partial charge is 0.336 e. The van der Waals surface area contributed by atoms with Gasteiger partial charge in [-0.2, -0.15) is 5.10 Å². The molecule has 16 heavy (non-hydrogen) atoms. The highest BCUT2D eigenvalue weighted by molar-refractivity contribution is 6.31. The quantitative estimate of drug-likeness (QED) is 0.871. The van der Waals surface area contributed by atoms with E-state index in [1.807, 2.05) is 0 Å². The highest BCUT2D eigenvalue weighted by Gasteiger charge is 2.13. The number of carboxylic acids is 1. The Hall–Kier alpha value is -1.81. The zero-order chi connectivity index (χ0) is 11.7. The SMILES string of the molecule is Cn1ccc(-c2ccc(Cl)cc2C(=O)O)n1. The molecular weight excluding hydrogens is 228 g/mol. The number of aromatic nitrogens is 2. The number of hydrogen-bond donors (Lipinski definition) is 1. The number of halogens is 1. The van der Waals surface area contributed by atoms with Crippen LogP contribution in [0.15, 0.2) is 30.5 Å². The van der Waals surface area contributed by atoms with Crippen molar-refractivity contribution in [1.29, 1.82) is 0 Å². The molecule has 0 fully saturated rings. The molecule has 0 amide bonds. The normalized spacial score (nSPS) is 10.4. The van der Waals surface area contributed by atoms with E-state index >= 15 is 0 Å². The Labute approximate surface area is 97.1 Å². The largest absolute Gasteiger partial charge is 0.478 e. The lowest BCUT2D eigenvalue weighted by atomic mass is 10.1. The van der Waals surface area contributed by atoms with E-state index in [1.54, 1.807) is 36.1 Å². The Balaban J connectivity index is 2.60. The molecule has 0 aliphatic carbocycles. The molecule has 0 radical (unpaired) electrons. The standard InChI is InChI=1S/C11H9ClN2O2/c1-14-5-4-10(13-14)8-3-2-7(12)6-9(8)11(15)16/h2-6H,1H3,(H,15,16). The maximum absolute atomic E-state index is 11.1. The summed E-state index contributed by atoms with van der Waals surface area (Å²) < 4.78 is 1.62. The Kier molecular flexibility index (Phi) is 2.66. The van der Waals surface area contributed by atoms with Crippen LogP contribution in [0.1, 0.15) is 10.4 Å². The number of aryl methyl sites for hydroxylation is 1. The minimum atomic E-state index is -1.01. The van der Waals surface area contributed by atoms with Crippen molar-refractivity contribution >= 4 is 17.6 Å². The van der Waals surface area contributed by atoms with Crippen LogP contribution in [0, 0.1) is 0 Å².